The molecule has 0 saturated carbocycles. The van der Waals surface area contributed by atoms with Gasteiger partial charge in [0, 0.05) is 5.38 Å². The Morgan fingerprint density at radius 1 is 1.44 bits per heavy atom. The van der Waals surface area contributed by atoms with Crippen LogP contribution in [0.1, 0.15) is 32.2 Å². The summed E-state index contributed by atoms with van der Waals surface area (Å²) < 4.78 is 9.26. The van der Waals surface area contributed by atoms with Crippen molar-refractivity contribution >= 4 is 11.5 Å². The molecule has 0 amide bonds. The van der Waals surface area contributed by atoms with E-state index in [1.54, 1.807) is 5.38 Å². The number of aromatic nitrogens is 4. The maximum atomic E-state index is 5.51. The summed E-state index contributed by atoms with van der Waals surface area (Å²) in [6.07, 6.45) is 1.07. The summed E-state index contributed by atoms with van der Waals surface area (Å²) in [5.41, 5.74) is 0.631. The minimum absolute atomic E-state index is 0.0628. The summed E-state index contributed by atoms with van der Waals surface area (Å²) in [4.78, 5) is 0. The zero-order valence-corrected chi connectivity index (χ0v) is 9.99. The first-order valence-electron chi connectivity index (χ1n) is 5.15. The van der Waals surface area contributed by atoms with Crippen molar-refractivity contribution in [2.24, 2.45) is 0 Å². The van der Waals surface area contributed by atoms with Gasteiger partial charge in [0.1, 0.15) is 0 Å². The fourth-order valence-corrected chi connectivity index (χ4v) is 1.65. The van der Waals surface area contributed by atoms with E-state index in [0.717, 1.165) is 13.0 Å². The molecule has 86 valence electrons. The predicted molar refractivity (Wildman–Crippen MR) is 59.9 cm³/mol. The van der Waals surface area contributed by atoms with Crippen molar-refractivity contribution in [3.05, 3.63) is 11.3 Å². The fourth-order valence-electron chi connectivity index (χ4n) is 1.22. The molecule has 0 aliphatic rings. The third-order valence-corrected chi connectivity index (χ3v) is 2.60. The standard InChI is InChI=1S/C9H13N5OS/c1-3-4-10-6(2)8-12-13-9(15-8)7-5-16-14-11-7/h5-6,10H,3-4H2,1-2H3. The van der Waals surface area contributed by atoms with Crippen molar-refractivity contribution < 1.29 is 4.42 Å². The molecule has 0 aliphatic carbocycles. The average Bonchev–Trinajstić information content (AvgIpc) is 2.94. The van der Waals surface area contributed by atoms with Crippen LogP contribution in [0.3, 0.4) is 0 Å². The topological polar surface area (TPSA) is 76.7 Å². The molecule has 2 rings (SSSR count). The van der Waals surface area contributed by atoms with Crippen LogP contribution in [0.5, 0.6) is 0 Å². The van der Waals surface area contributed by atoms with Gasteiger partial charge in [-0.2, -0.15) is 0 Å². The smallest absolute Gasteiger partial charge is 0.269 e. The maximum absolute atomic E-state index is 5.51. The molecule has 0 aliphatic heterocycles. The highest BCUT2D eigenvalue weighted by Gasteiger charge is 2.15. The van der Waals surface area contributed by atoms with Crippen LogP contribution in [0.2, 0.25) is 0 Å². The summed E-state index contributed by atoms with van der Waals surface area (Å²) in [5.74, 6) is 1.00. The van der Waals surface area contributed by atoms with Gasteiger partial charge >= 0.3 is 0 Å². The summed E-state index contributed by atoms with van der Waals surface area (Å²) in [7, 11) is 0. The Labute approximate surface area is 97.3 Å². The van der Waals surface area contributed by atoms with Gasteiger partial charge in [-0.25, -0.2) is 0 Å². The van der Waals surface area contributed by atoms with Crippen LogP contribution < -0.4 is 5.32 Å². The van der Waals surface area contributed by atoms with Crippen LogP contribution in [0.25, 0.3) is 11.6 Å². The third kappa shape index (κ3) is 2.42. The largest absolute Gasteiger partial charge is 0.417 e. The Bertz CT molecular complexity index is 427. The molecular weight excluding hydrogens is 226 g/mol. The molecule has 6 nitrogen and oxygen atoms in total. The highest BCUT2D eigenvalue weighted by molar-refractivity contribution is 7.03. The molecule has 0 fully saturated rings. The van der Waals surface area contributed by atoms with Gasteiger partial charge in [0.05, 0.1) is 6.04 Å². The minimum Gasteiger partial charge on any atom is -0.417 e. The summed E-state index contributed by atoms with van der Waals surface area (Å²) >= 11 is 1.26. The van der Waals surface area contributed by atoms with Crippen LogP contribution in [-0.4, -0.2) is 26.3 Å². The number of hydrogen-bond acceptors (Lipinski definition) is 7. The average molecular weight is 239 g/mol. The molecular formula is C9H13N5OS. The third-order valence-electron chi connectivity index (χ3n) is 2.09. The van der Waals surface area contributed by atoms with Crippen LogP contribution in [-0.2, 0) is 0 Å². The lowest BCUT2D eigenvalue weighted by molar-refractivity contribution is 0.422. The minimum atomic E-state index is 0.0628. The highest BCUT2D eigenvalue weighted by atomic mass is 32.1. The first kappa shape index (κ1) is 11.2. The van der Waals surface area contributed by atoms with Crippen molar-refractivity contribution in [3.8, 4) is 11.6 Å². The summed E-state index contributed by atoms with van der Waals surface area (Å²) in [6.45, 7) is 5.03. The van der Waals surface area contributed by atoms with E-state index < -0.39 is 0 Å². The second kappa shape index (κ2) is 5.13. The van der Waals surface area contributed by atoms with E-state index in [0.29, 0.717) is 17.5 Å². The zero-order chi connectivity index (χ0) is 11.4. The second-order valence-corrected chi connectivity index (χ2v) is 4.02. The fraction of sp³-hybridized carbons (Fsp3) is 0.556. The molecule has 1 atom stereocenters. The summed E-state index contributed by atoms with van der Waals surface area (Å²) in [5, 5.41) is 16.8. The quantitative estimate of drug-likeness (QED) is 0.854. The SMILES string of the molecule is CCCNC(C)c1nnc(-c2csnn2)o1. The van der Waals surface area contributed by atoms with E-state index in [4.69, 9.17) is 4.42 Å². The maximum Gasteiger partial charge on any atom is 0.269 e. The van der Waals surface area contributed by atoms with E-state index >= 15 is 0 Å². The second-order valence-electron chi connectivity index (χ2n) is 3.41. The number of nitrogens with zero attached hydrogens (tertiary/aromatic N) is 4. The van der Waals surface area contributed by atoms with Crippen LogP contribution in [0, 0.1) is 0 Å². The Morgan fingerprint density at radius 2 is 2.31 bits per heavy atom. The molecule has 2 aromatic rings. The monoisotopic (exact) mass is 239 g/mol. The molecule has 2 aromatic heterocycles. The summed E-state index contributed by atoms with van der Waals surface area (Å²) in [6, 6.07) is 0.0628. The van der Waals surface area contributed by atoms with Gasteiger partial charge in [0.2, 0.25) is 5.89 Å². The first-order chi connectivity index (χ1) is 7.81. The number of rotatable bonds is 5. The van der Waals surface area contributed by atoms with Crippen LogP contribution >= 0.6 is 11.5 Å². The van der Waals surface area contributed by atoms with Crippen molar-refractivity contribution in [1.29, 1.82) is 0 Å². The molecule has 1 unspecified atom stereocenters. The van der Waals surface area contributed by atoms with Crippen LogP contribution in [0.4, 0.5) is 0 Å². The molecule has 16 heavy (non-hydrogen) atoms. The number of hydrogen-bond donors (Lipinski definition) is 1. The van der Waals surface area contributed by atoms with Gasteiger partial charge in [0.15, 0.2) is 5.69 Å². The van der Waals surface area contributed by atoms with E-state index in [2.05, 4.69) is 32.0 Å². The van der Waals surface area contributed by atoms with Gasteiger partial charge in [-0.05, 0) is 31.4 Å². The highest BCUT2D eigenvalue weighted by Crippen LogP contribution is 2.18. The van der Waals surface area contributed by atoms with Crippen molar-refractivity contribution in [3.63, 3.8) is 0 Å². The molecule has 7 heteroatoms. The van der Waals surface area contributed by atoms with E-state index in [1.807, 2.05) is 6.92 Å². The zero-order valence-electron chi connectivity index (χ0n) is 9.17. The van der Waals surface area contributed by atoms with Gasteiger partial charge < -0.3 is 9.73 Å². The lowest BCUT2D eigenvalue weighted by atomic mass is 10.3. The first-order valence-corrected chi connectivity index (χ1v) is 5.99. The van der Waals surface area contributed by atoms with E-state index in [9.17, 15) is 0 Å². The molecule has 0 spiro atoms. The van der Waals surface area contributed by atoms with E-state index in [-0.39, 0.29) is 6.04 Å². The molecule has 1 N–H and O–H groups in total. The molecule has 0 radical (unpaired) electrons. The van der Waals surface area contributed by atoms with Gasteiger partial charge in [-0.3, -0.25) is 0 Å². The molecule has 0 saturated heterocycles. The van der Waals surface area contributed by atoms with Crippen LogP contribution in [0.15, 0.2) is 9.80 Å². The van der Waals surface area contributed by atoms with Crippen molar-refractivity contribution in [2.45, 2.75) is 26.3 Å². The lowest BCUT2D eigenvalue weighted by Crippen LogP contribution is -2.19. The van der Waals surface area contributed by atoms with E-state index in [1.165, 1.54) is 11.5 Å². The number of nitrogens with one attached hydrogen (secondary N) is 1. The van der Waals surface area contributed by atoms with Gasteiger partial charge in [-0.1, -0.05) is 11.4 Å². The lowest BCUT2D eigenvalue weighted by Gasteiger charge is -2.07. The normalized spacial score (nSPS) is 12.9. The molecule has 0 bridgehead atoms. The van der Waals surface area contributed by atoms with Gasteiger partial charge in [0.25, 0.3) is 5.89 Å². The Morgan fingerprint density at radius 3 is 3.00 bits per heavy atom. The van der Waals surface area contributed by atoms with Crippen molar-refractivity contribution in [1.82, 2.24) is 25.1 Å². The Kier molecular flexibility index (Phi) is 3.58. The predicted octanol–water partition coefficient (Wildman–Crippen LogP) is 1.65. The Hall–Kier alpha value is -1.34. The molecule has 0 aromatic carbocycles. The van der Waals surface area contributed by atoms with Crippen molar-refractivity contribution in [2.75, 3.05) is 6.54 Å². The van der Waals surface area contributed by atoms with Gasteiger partial charge in [-0.15, -0.1) is 15.3 Å². The molecule has 2 heterocycles. The Balaban J connectivity index is 2.07.